The molecule has 0 spiro atoms. The molecule has 0 aromatic rings. The van der Waals surface area contributed by atoms with Crippen molar-refractivity contribution in [3.63, 3.8) is 0 Å². The van der Waals surface area contributed by atoms with Gasteiger partial charge in [0.2, 0.25) is 5.91 Å². The molecule has 0 aliphatic carbocycles. The highest BCUT2D eigenvalue weighted by Crippen LogP contribution is 1.96. The van der Waals surface area contributed by atoms with Crippen LogP contribution in [0.15, 0.2) is 0 Å². The largest absolute Gasteiger partial charge is 0.394 e. The first-order chi connectivity index (χ1) is 6.77. The lowest BCUT2D eigenvalue weighted by Crippen LogP contribution is -2.20. The number of nitrogens with one attached hydrogen (secondary N) is 1. The Hall–Kier alpha value is -0.660. The van der Waals surface area contributed by atoms with Crippen molar-refractivity contribution in [1.29, 1.82) is 0 Å². The average Bonchev–Trinajstić information content (AvgIpc) is 2.00. The summed E-state index contributed by atoms with van der Waals surface area (Å²) in [7, 11) is -4.67. The zero-order valence-electron chi connectivity index (χ0n) is 9.06. The van der Waals surface area contributed by atoms with Crippen LogP contribution in [0.4, 0.5) is 0 Å². The third-order valence-electron chi connectivity index (χ3n) is 1.40. The van der Waals surface area contributed by atoms with E-state index in [2.05, 4.69) is 12.2 Å². The maximum Gasteiger partial charge on any atom is 0.394 e. The SMILES string of the molecule is CCCCCCNC(C)=O.O=S(=O)(O)O. The van der Waals surface area contributed by atoms with Crippen LogP contribution in [0.2, 0.25) is 0 Å². The summed E-state index contributed by atoms with van der Waals surface area (Å²) in [5.41, 5.74) is 0. The number of carbonyl (C=O) groups excluding carboxylic acids is 1. The average molecular weight is 241 g/mol. The van der Waals surface area contributed by atoms with E-state index in [1.807, 2.05) is 0 Å². The van der Waals surface area contributed by atoms with Gasteiger partial charge in [-0.1, -0.05) is 26.2 Å². The van der Waals surface area contributed by atoms with Crippen LogP contribution in [0.5, 0.6) is 0 Å². The lowest BCUT2D eigenvalue weighted by atomic mass is 10.2. The fourth-order valence-electron chi connectivity index (χ4n) is 0.816. The summed E-state index contributed by atoms with van der Waals surface area (Å²) >= 11 is 0. The van der Waals surface area contributed by atoms with Crippen molar-refractivity contribution in [1.82, 2.24) is 5.32 Å². The first-order valence-corrected chi connectivity index (χ1v) is 6.11. The molecule has 0 fully saturated rings. The smallest absolute Gasteiger partial charge is 0.356 e. The fraction of sp³-hybridized carbons (Fsp3) is 0.875. The Balaban J connectivity index is 0. The molecule has 0 aromatic carbocycles. The van der Waals surface area contributed by atoms with Crippen molar-refractivity contribution in [2.24, 2.45) is 0 Å². The number of hydrogen-bond donors (Lipinski definition) is 3. The number of rotatable bonds is 5. The van der Waals surface area contributed by atoms with Crippen molar-refractivity contribution < 1.29 is 22.3 Å². The van der Waals surface area contributed by atoms with Gasteiger partial charge in [-0.15, -0.1) is 0 Å². The van der Waals surface area contributed by atoms with E-state index in [1.165, 1.54) is 19.3 Å². The molecule has 6 nitrogen and oxygen atoms in total. The lowest BCUT2D eigenvalue weighted by molar-refractivity contribution is -0.118. The Morgan fingerprint density at radius 2 is 1.67 bits per heavy atom. The molecule has 0 saturated heterocycles. The van der Waals surface area contributed by atoms with Gasteiger partial charge in [0, 0.05) is 13.5 Å². The number of unbranched alkanes of at least 4 members (excludes halogenated alkanes) is 3. The summed E-state index contributed by atoms with van der Waals surface area (Å²) in [6.45, 7) is 4.58. The molecule has 0 aliphatic rings. The Labute approximate surface area is 90.6 Å². The van der Waals surface area contributed by atoms with Crippen LogP contribution >= 0.6 is 0 Å². The van der Waals surface area contributed by atoms with Crippen molar-refractivity contribution in [2.75, 3.05) is 6.54 Å². The van der Waals surface area contributed by atoms with E-state index in [-0.39, 0.29) is 5.91 Å². The summed E-state index contributed by atoms with van der Waals surface area (Å²) in [4.78, 5) is 10.4. The molecule has 0 heterocycles. The maximum atomic E-state index is 10.4. The van der Waals surface area contributed by atoms with Crippen molar-refractivity contribution >= 4 is 16.3 Å². The zero-order valence-corrected chi connectivity index (χ0v) is 9.88. The van der Waals surface area contributed by atoms with Crippen LogP contribution in [-0.4, -0.2) is 30.0 Å². The van der Waals surface area contributed by atoms with E-state index in [4.69, 9.17) is 17.5 Å². The predicted octanol–water partition coefficient (Wildman–Crippen LogP) is 1.05. The number of amides is 1. The fourth-order valence-corrected chi connectivity index (χ4v) is 0.816. The Bertz CT molecular complexity index is 242. The highest BCUT2D eigenvalue weighted by Gasteiger charge is 1.89. The molecule has 0 aliphatic heterocycles. The Morgan fingerprint density at radius 3 is 2.00 bits per heavy atom. The van der Waals surface area contributed by atoms with Crippen LogP contribution in [-0.2, 0) is 15.2 Å². The summed E-state index contributed by atoms with van der Waals surface area (Å²) in [5, 5.41) is 2.77. The summed E-state index contributed by atoms with van der Waals surface area (Å²) < 4.78 is 31.6. The predicted molar refractivity (Wildman–Crippen MR) is 57.0 cm³/mol. The molecule has 3 N–H and O–H groups in total. The van der Waals surface area contributed by atoms with Gasteiger partial charge < -0.3 is 5.32 Å². The monoisotopic (exact) mass is 241 g/mol. The molecular weight excluding hydrogens is 222 g/mol. The first-order valence-electron chi connectivity index (χ1n) is 4.71. The minimum Gasteiger partial charge on any atom is -0.356 e. The summed E-state index contributed by atoms with van der Waals surface area (Å²) in [5.74, 6) is 0.0801. The van der Waals surface area contributed by atoms with Gasteiger partial charge in [-0.05, 0) is 6.42 Å². The maximum absolute atomic E-state index is 10.4. The summed E-state index contributed by atoms with van der Waals surface area (Å²) in [6, 6.07) is 0. The third-order valence-corrected chi connectivity index (χ3v) is 1.40. The molecule has 15 heavy (non-hydrogen) atoms. The summed E-state index contributed by atoms with van der Waals surface area (Å²) in [6.07, 6.45) is 4.88. The quantitative estimate of drug-likeness (QED) is 0.493. The molecular formula is C8H19NO5S. The minimum absolute atomic E-state index is 0.0801. The van der Waals surface area contributed by atoms with Gasteiger partial charge in [0.1, 0.15) is 0 Å². The first kappa shape index (κ1) is 16.8. The van der Waals surface area contributed by atoms with E-state index in [0.717, 1.165) is 13.0 Å². The zero-order chi connectivity index (χ0) is 12.3. The normalized spacial score (nSPS) is 10.1. The molecule has 1 amide bonds. The molecule has 7 heteroatoms. The van der Waals surface area contributed by atoms with Crippen molar-refractivity contribution in [3.8, 4) is 0 Å². The molecule has 0 unspecified atom stereocenters. The van der Waals surface area contributed by atoms with Crippen LogP contribution < -0.4 is 5.32 Å². The van der Waals surface area contributed by atoms with Crippen LogP contribution in [0.25, 0.3) is 0 Å². The van der Waals surface area contributed by atoms with Gasteiger partial charge in [-0.3, -0.25) is 13.9 Å². The highest BCUT2D eigenvalue weighted by atomic mass is 32.3. The second kappa shape index (κ2) is 9.88. The Morgan fingerprint density at radius 1 is 1.20 bits per heavy atom. The Kier molecular flexibility index (Phi) is 11.0. The van der Waals surface area contributed by atoms with E-state index in [0.29, 0.717) is 0 Å². The number of carbonyl (C=O) groups is 1. The van der Waals surface area contributed by atoms with Gasteiger partial charge >= 0.3 is 10.4 Å². The molecule has 0 bridgehead atoms. The third kappa shape index (κ3) is 42.7. The molecule has 0 saturated carbocycles. The van der Waals surface area contributed by atoms with Crippen molar-refractivity contribution in [2.45, 2.75) is 39.5 Å². The second-order valence-electron chi connectivity index (χ2n) is 2.99. The van der Waals surface area contributed by atoms with Gasteiger partial charge in [-0.2, -0.15) is 8.42 Å². The van der Waals surface area contributed by atoms with Crippen LogP contribution in [0.3, 0.4) is 0 Å². The molecule has 0 aromatic heterocycles. The van der Waals surface area contributed by atoms with E-state index in [9.17, 15) is 4.79 Å². The lowest BCUT2D eigenvalue weighted by Gasteiger charge is -1.99. The van der Waals surface area contributed by atoms with Crippen molar-refractivity contribution in [3.05, 3.63) is 0 Å². The van der Waals surface area contributed by atoms with Crippen LogP contribution in [0, 0.1) is 0 Å². The molecule has 92 valence electrons. The van der Waals surface area contributed by atoms with E-state index >= 15 is 0 Å². The van der Waals surface area contributed by atoms with E-state index in [1.54, 1.807) is 6.92 Å². The topological polar surface area (TPSA) is 104 Å². The molecule has 0 radical (unpaired) electrons. The standard InChI is InChI=1S/C8H17NO.H2O4S/c1-3-4-5-6-7-9-8(2)10;1-5(2,3)4/h3-7H2,1-2H3,(H,9,10);(H2,1,2,3,4). The molecule has 0 rings (SSSR count). The van der Waals surface area contributed by atoms with Gasteiger partial charge in [0.25, 0.3) is 0 Å². The minimum atomic E-state index is -4.67. The molecule has 0 atom stereocenters. The number of hydrogen-bond acceptors (Lipinski definition) is 3. The van der Waals surface area contributed by atoms with Crippen LogP contribution in [0.1, 0.15) is 39.5 Å². The second-order valence-corrected chi connectivity index (χ2v) is 3.89. The van der Waals surface area contributed by atoms with Gasteiger partial charge in [0.15, 0.2) is 0 Å². The van der Waals surface area contributed by atoms with Gasteiger partial charge in [0.05, 0.1) is 0 Å². The van der Waals surface area contributed by atoms with E-state index < -0.39 is 10.4 Å². The highest BCUT2D eigenvalue weighted by molar-refractivity contribution is 7.79. The van der Waals surface area contributed by atoms with Gasteiger partial charge in [-0.25, -0.2) is 0 Å².